The Morgan fingerprint density at radius 2 is 2.00 bits per heavy atom. The molecule has 0 N–H and O–H groups in total. The van der Waals surface area contributed by atoms with Crippen molar-refractivity contribution in [3.8, 4) is 6.07 Å². The van der Waals surface area contributed by atoms with Crippen molar-refractivity contribution in [3.05, 3.63) is 0 Å². The van der Waals surface area contributed by atoms with Crippen LogP contribution in [0.3, 0.4) is 0 Å². The standard InChI is InChI=1S/C9H18N2O2P/c1-11(2)7-5-9-13-14(3)12-8-4-6-10/h3-5,7-9H2,1-2H3/q+1. The smallest absolute Gasteiger partial charge is 0.309 e. The number of nitriles is 1. The quantitative estimate of drug-likeness (QED) is 0.458. The summed E-state index contributed by atoms with van der Waals surface area (Å²) in [6, 6.07) is 2.00. The van der Waals surface area contributed by atoms with Crippen LogP contribution in [-0.2, 0) is 9.05 Å². The lowest BCUT2D eigenvalue weighted by Gasteiger charge is -2.06. The first kappa shape index (κ1) is 13.5. The molecule has 1 atom stereocenters. The summed E-state index contributed by atoms with van der Waals surface area (Å²) in [5.41, 5.74) is 0. The van der Waals surface area contributed by atoms with Crippen LogP contribution in [0.25, 0.3) is 0 Å². The molecule has 0 aliphatic heterocycles. The van der Waals surface area contributed by atoms with Crippen molar-refractivity contribution in [2.45, 2.75) is 12.8 Å². The Morgan fingerprint density at radius 1 is 1.36 bits per heavy atom. The van der Waals surface area contributed by atoms with E-state index in [0.29, 0.717) is 19.6 Å². The molecule has 0 fully saturated rings. The molecule has 0 heterocycles. The van der Waals surface area contributed by atoms with Gasteiger partial charge >= 0.3 is 8.00 Å². The fourth-order valence-corrected chi connectivity index (χ4v) is 1.48. The molecule has 0 amide bonds. The van der Waals surface area contributed by atoms with Gasteiger partial charge in [0.15, 0.2) is 0 Å². The molecule has 0 rings (SSSR count). The summed E-state index contributed by atoms with van der Waals surface area (Å²) < 4.78 is 10.5. The fraction of sp³-hybridized carbons (Fsp3) is 0.778. The van der Waals surface area contributed by atoms with Crippen molar-refractivity contribution in [2.75, 3.05) is 33.9 Å². The molecule has 0 aliphatic carbocycles. The minimum atomic E-state index is -1.04. The van der Waals surface area contributed by atoms with Crippen molar-refractivity contribution in [1.82, 2.24) is 4.90 Å². The highest BCUT2D eigenvalue weighted by molar-refractivity contribution is 7.45. The molecule has 0 aromatic carbocycles. The van der Waals surface area contributed by atoms with Gasteiger partial charge < -0.3 is 4.90 Å². The normalized spacial score (nSPS) is 11.4. The summed E-state index contributed by atoms with van der Waals surface area (Å²) in [5, 5.41) is 8.26. The Bertz CT molecular complexity index is 201. The van der Waals surface area contributed by atoms with Crippen LogP contribution >= 0.6 is 8.00 Å². The molecular weight excluding hydrogens is 199 g/mol. The van der Waals surface area contributed by atoms with Crippen LogP contribution in [0, 0.1) is 11.3 Å². The molecule has 0 aromatic heterocycles. The molecule has 0 radical (unpaired) electrons. The largest absolute Gasteiger partial charge is 0.423 e. The monoisotopic (exact) mass is 217 g/mol. The first-order chi connectivity index (χ1) is 6.66. The Balaban J connectivity index is 3.23. The third-order valence-corrected chi connectivity index (χ3v) is 2.38. The van der Waals surface area contributed by atoms with Crippen molar-refractivity contribution in [2.24, 2.45) is 0 Å². The van der Waals surface area contributed by atoms with E-state index in [4.69, 9.17) is 14.3 Å². The van der Waals surface area contributed by atoms with Gasteiger partial charge in [0, 0.05) is 0 Å². The Kier molecular flexibility index (Phi) is 8.81. The van der Waals surface area contributed by atoms with Crippen molar-refractivity contribution < 1.29 is 9.05 Å². The maximum atomic E-state index is 8.26. The second-order valence-corrected chi connectivity index (χ2v) is 4.25. The minimum absolute atomic E-state index is 0.398. The van der Waals surface area contributed by atoms with Gasteiger partial charge in [0.25, 0.3) is 0 Å². The second kappa shape index (κ2) is 9.11. The van der Waals surface area contributed by atoms with E-state index in [1.807, 2.05) is 20.2 Å². The summed E-state index contributed by atoms with van der Waals surface area (Å²) in [4.78, 5) is 2.10. The van der Waals surface area contributed by atoms with Gasteiger partial charge in [-0.1, -0.05) is 0 Å². The van der Waals surface area contributed by atoms with Gasteiger partial charge in [0.1, 0.15) is 19.5 Å². The maximum absolute atomic E-state index is 8.26. The zero-order valence-electron chi connectivity index (χ0n) is 8.90. The molecular formula is C9H18N2O2P+. The van der Waals surface area contributed by atoms with E-state index in [9.17, 15) is 0 Å². The lowest BCUT2D eigenvalue weighted by atomic mass is 10.4. The minimum Gasteiger partial charge on any atom is -0.309 e. The van der Waals surface area contributed by atoms with Gasteiger partial charge in [-0.15, -0.1) is 0 Å². The molecule has 4 nitrogen and oxygen atoms in total. The average Bonchev–Trinajstić information content (AvgIpc) is 2.13. The molecule has 80 valence electrons. The van der Waals surface area contributed by atoms with E-state index in [2.05, 4.69) is 11.2 Å². The Hall–Kier alpha value is -0.460. The number of rotatable bonds is 8. The van der Waals surface area contributed by atoms with Crippen LogP contribution in [0.5, 0.6) is 0 Å². The zero-order valence-corrected chi connectivity index (χ0v) is 9.80. The number of hydrogen-bond acceptors (Lipinski definition) is 4. The zero-order chi connectivity index (χ0) is 10.8. The predicted octanol–water partition coefficient (Wildman–Crippen LogP) is 1.63. The highest BCUT2D eigenvalue weighted by Gasteiger charge is 2.08. The molecule has 14 heavy (non-hydrogen) atoms. The van der Waals surface area contributed by atoms with Gasteiger partial charge in [0.2, 0.25) is 0 Å². The van der Waals surface area contributed by atoms with Gasteiger partial charge in [-0.3, -0.25) is 0 Å². The third kappa shape index (κ3) is 9.63. The Labute approximate surface area is 87.0 Å². The summed E-state index contributed by atoms with van der Waals surface area (Å²) in [7, 11) is 3.01. The molecule has 1 unspecified atom stereocenters. The van der Waals surface area contributed by atoms with E-state index >= 15 is 0 Å². The average molecular weight is 217 g/mol. The van der Waals surface area contributed by atoms with E-state index in [1.165, 1.54) is 0 Å². The van der Waals surface area contributed by atoms with Crippen LogP contribution in [-0.4, -0.2) is 45.1 Å². The summed E-state index contributed by atoms with van der Waals surface area (Å²) >= 11 is 0. The molecule has 0 aromatic rings. The second-order valence-electron chi connectivity index (χ2n) is 3.06. The van der Waals surface area contributed by atoms with Gasteiger partial charge in [-0.25, -0.2) is 0 Å². The van der Waals surface area contributed by atoms with Gasteiger partial charge in [-0.05, 0) is 27.1 Å². The van der Waals surface area contributed by atoms with Crippen molar-refractivity contribution >= 4 is 14.3 Å². The highest BCUT2D eigenvalue weighted by Crippen LogP contribution is 2.22. The highest BCUT2D eigenvalue weighted by atomic mass is 31.1. The lowest BCUT2D eigenvalue weighted by molar-refractivity contribution is 0.252. The van der Waals surface area contributed by atoms with Gasteiger partial charge in [-0.2, -0.15) is 14.3 Å². The Morgan fingerprint density at radius 3 is 2.57 bits per heavy atom. The molecule has 0 bridgehead atoms. The van der Waals surface area contributed by atoms with E-state index in [0.717, 1.165) is 13.0 Å². The van der Waals surface area contributed by atoms with Crippen LogP contribution in [0.1, 0.15) is 12.8 Å². The van der Waals surface area contributed by atoms with Crippen LogP contribution in [0.2, 0.25) is 0 Å². The first-order valence-electron chi connectivity index (χ1n) is 4.55. The fourth-order valence-electron chi connectivity index (χ4n) is 0.778. The summed E-state index contributed by atoms with van der Waals surface area (Å²) in [5.74, 6) is 0. The third-order valence-electron chi connectivity index (χ3n) is 1.43. The van der Waals surface area contributed by atoms with Gasteiger partial charge in [0.05, 0.1) is 12.5 Å². The predicted molar refractivity (Wildman–Crippen MR) is 59.3 cm³/mol. The van der Waals surface area contributed by atoms with Crippen molar-refractivity contribution in [3.63, 3.8) is 0 Å². The van der Waals surface area contributed by atoms with E-state index < -0.39 is 8.00 Å². The van der Waals surface area contributed by atoms with Crippen LogP contribution < -0.4 is 0 Å². The van der Waals surface area contributed by atoms with E-state index in [1.54, 1.807) is 0 Å². The molecule has 5 heteroatoms. The van der Waals surface area contributed by atoms with Crippen LogP contribution in [0.15, 0.2) is 0 Å². The molecule has 0 spiro atoms. The molecule has 0 saturated carbocycles. The first-order valence-corrected chi connectivity index (χ1v) is 5.91. The van der Waals surface area contributed by atoms with E-state index in [-0.39, 0.29) is 0 Å². The number of hydrogen-bond donors (Lipinski definition) is 0. The van der Waals surface area contributed by atoms with Crippen molar-refractivity contribution in [1.29, 1.82) is 5.26 Å². The SMILES string of the molecule is C=[P+](OCCC#N)OCCCN(C)C. The topological polar surface area (TPSA) is 45.5 Å². The maximum Gasteiger partial charge on any atom is 0.423 e. The van der Waals surface area contributed by atoms with Crippen LogP contribution in [0.4, 0.5) is 0 Å². The summed E-state index contributed by atoms with van der Waals surface area (Å²) in [6.07, 6.45) is 5.10. The molecule has 0 aliphatic rings. The summed E-state index contributed by atoms with van der Waals surface area (Å²) in [6.45, 7) is 2.08. The number of nitrogens with zero attached hydrogens (tertiary/aromatic N) is 2. The lowest BCUT2D eigenvalue weighted by Crippen LogP contribution is -2.14. The molecule has 0 saturated heterocycles.